The molecular weight excluding hydrogens is 270 g/mol. The fourth-order valence-corrected chi connectivity index (χ4v) is 2.53. The first-order chi connectivity index (χ1) is 10.1. The molecule has 6 nitrogen and oxygen atoms in total. The molecule has 1 aliphatic carbocycles. The summed E-state index contributed by atoms with van der Waals surface area (Å²) >= 11 is 0. The maximum atomic E-state index is 12.2. The third-order valence-corrected chi connectivity index (χ3v) is 4.08. The number of aromatic nitrogens is 2. The molecule has 6 heteroatoms. The highest BCUT2D eigenvalue weighted by Gasteiger charge is 2.29. The highest BCUT2D eigenvalue weighted by atomic mass is 16.5. The molecule has 1 amide bonds. The maximum absolute atomic E-state index is 12.2. The van der Waals surface area contributed by atoms with Crippen LogP contribution in [0.25, 0.3) is 0 Å². The number of likely N-dealkylation sites (tertiary alicyclic amines) is 1. The van der Waals surface area contributed by atoms with Crippen LogP contribution >= 0.6 is 0 Å². The lowest BCUT2D eigenvalue weighted by Gasteiger charge is -2.17. The molecule has 114 valence electrons. The average molecular weight is 291 g/mol. The molecule has 3 rings (SSSR count). The van der Waals surface area contributed by atoms with E-state index in [0.29, 0.717) is 18.8 Å². The van der Waals surface area contributed by atoms with Crippen molar-refractivity contribution in [2.75, 3.05) is 19.7 Å². The minimum atomic E-state index is -0.184. The van der Waals surface area contributed by atoms with Gasteiger partial charge >= 0.3 is 0 Å². The van der Waals surface area contributed by atoms with Crippen molar-refractivity contribution >= 4 is 5.91 Å². The zero-order valence-electron chi connectivity index (χ0n) is 12.3. The van der Waals surface area contributed by atoms with E-state index in [0.717, 1.165) is 18.9 Å². The van der Waals surface area contributed by atoms with Crippen molar-refractivity contribution in [3.8, 4) is 0 Å². The summed E-state index contributed by atoms with van der Waals surface area (Å²) in [5, 5.41) is 0. The Balaban J connectivity index is 1.52. The van der Waals surface area contributed by atoms with Crippen molar-refractivity contribution in [2.45, 2.75) is 38.8 Å². The van der Waals surface area contributed by atoms with Gasteiger partial charge in [-0.1, -0.05) is 0 Å². The fraction of sp³-hybridized carbons (Fsp3) is 0.667. The largest absolute Gasteiger partial charge is 0.376 e. The molecule has 1 aromatic heterocycles. The van der Waals surface area contributed by atoms with Gasteiger partial charge in [0.15, 0.2) is 0 Å². The number of rotatable bonds is 5. The van der Waals surface area contributed by atoms with Gasteiger partial charge in [0, 0.05) is 31.5 Å². The summed E-state index contributed by atoms with van der Waals surface area (Å²) < 4.78 is 7.18. The first-order valence-corrected chi connectivity index (χ1v) is 7.54. The van der Waals surface area contributed by atoms with Crippen LogP contribution in [0.3, 0.4) is 0 Å². The van der Waals surface area contributed by atoms with Gasteiger partial charge in [-0.3, -0.25) is 14.2 Å². The zero-order chi connectivity index (χ0) is 14.8. The lowest BCUT2D eigenvalue weighted by atomic mass is 10.3. The summed E-state index contributed by atoms with van der Waals surface area (Å²) in [7, 11) is 0. The minimum absolute atomic E-state index is 0.0414. The predicted molar refractivity (Wildman–Crippen MR) is 76.9 cm³/mol. The van der Waals surface area contributed by atoms with E-state index >= 15 is 0 Å². The molecule has 2 aliphatic rings. The Morgan fingerprint density at radius 1 is 1.43 bits per heavy atom. The summed E-state index contributed by atoms with van der Waals surface area (Å²) in [5.41, 5.74) is 0.481. The molecule has 0 radical (unpaired) electrons. The van der Waals surface area contributed by atoms with Crippen LogP contribution in [0, 0.1) is 12.8 Å². The summed E-state index contributed by atoms with van der Waals surface area (Å²) in [6, 6.07) is 1.44. The van der Waals surface area contributed by atoms with Gasteiger partial charge in [-0.2, -0.15) is 0 Å². The van der Waals surface area contributed by atoms with E-state index in [1.807, 2.05) is 0 Å². The highest BCUT2D eigenvalue weighted by molar-refractivity contribution is 5.76. The van der Waals surface area contributed by atoms with Gasteiger partial charge in [0.05, 0.1) is 12.4 Å². The van der Waals surface area contributed by atoms with Gasteiger partial charge in [0.25, 0.3) is 5.56 Å². The Hall–Kier alpha value is -1.69. The number of nitrogens with zero attached hydrogens (tertiary/aromatic N) is 3. The highest BCUT2D eigenvalue weighted by Crippen LogP contribution is 2.30. The third-order valence-electron chi connectivity index (χ3n) is 4.08. The van der Waals surface area contributed by atoms with E-state index in [2.05, 4.69) is 4.98 Å². The van der Waals surface area contributed by atoms with Crippen LogP contribution in [-0.4, -0.2) is 46.2 Å². The lowest BCUT2D eigenvalue weighted by molar-refractivity contribution is -0.131. The SMILES string of the molecule is Cc1cc(=O)n(CC(=O)N2CC[C@@H](OCC3CC3)C2)cn1. The molecule has 1 aliphatic heterocycles. The van der Waals surface area contributed by atoms with Gasteiger partial charge < -0.3 is 9.64 Å². The first kappa shape index (κ1) is 14.3. The molecule has 0 bridgehead atoms. The molecule has 0 N–H and O–H groups in total. The van der Waals surface area contributed by atoms with E-state index < -0.39 is 0 Å². The van der Waals surface area contributed by atoms with Crippen molar-refractivity contribution in [2.24, 2.45) is 5.92 Å². The Morgan fingerprint density at radius 3 is 2.95 bits per heavy atom. The van der Waals surface area contributed by atoms with Gasteiger partial charge in [0.1, 0.15) is 6.54 Å². The van der Waals surface area contributed by atoms with E-state index in [1.165, 1.54) is 29.8 Å². The van der Waals surface area contributed by atoms with E-state index in [-0.39, 0.29) is 24.1 Å². The zero-order valence-corrected chi connectivity index (χ0v) is 12.3. The molecule has 1 saturated carbocycles. The van der Waals surface area contributed by atoms with Crippen LogP contribution in [0.4, 0.5) is 0 Å². The lowest BCUT2D eigenvalue weighted by Crippen LogP contribution is -2.35. The smallest absolute Gasteiger partial charge is 0.253 e. The van der Waals surface area contributed by atoms with Crippen LogP contribution in [0.1, 0.15) is 25.0 Å². The van der Waals surface area contributed by atoms with Gasteiger partial charge in [-0.15, -0.1) is 0 Å². The van der Waals surface area contributed by atoms with Crippen LogP contribution < -0.4 is 5.56 Å². The Kier molecular flexibility index (Phi) is 4.05. The molecular formula is C15H21N3O3. The number of hydrogen-bond donors (Lipinski definition) is 0. The second-order valence-electron chi connectivity index (χ2n) is 6.02. The Morgan fingerprint density at radius 2 is 2.24 bits per heavy atom. The van der Waals surface area contributed by atoms with Crippen molar-refractivity contribution in [1.82, 2.24) is 14.5 Å². The molecule has 0 unspecified atom stereocenters. The number of hydrogen-bond acceptors (Lipinski definition) is 4. The van der Waals surface area contributed by atoms with E-state index in [1.54, 1.807) is 11.8 Å². The molecule has 1 saturated heterocycles. The van der Waals surface area contributed by atoms with Crippen LogP contribution in [0.15, 0.2) is 17.2 Å². The number of carbonyl (C=O) groups excluding carboxylic acids is 1. The average Bonchev–Trinajstić information content (AvgIpc) is 3.16. The minimum Gasteiger partial charge on any atom is -0.376 e. The van der Waals surface area contributed by atoms with Gasteiger partial charge in [-0.25, -0.2) is 4.98 Å². The maximum Gasteiger partial charge on any atom is 0.253 e. The third kappa shape index (κ3) is 3.69. The van der Waals surface area contributed by atoms with Crippen molar-refractivity contribution < 1.29 is 9.53 Å². The number of aryl methyl sites for hydroxylation is 1. The molecule has 1 aromatic rings. The summed E-state index contributed by atoms with van der Waals surface area (Å²) in [5.74, 6) is 0.701. The standard InChI is InChI=1S/C15H21N3O3/c1-11-6-14(19)18(10-16-11)8-15(20)17-5-4-13(7-17)21-9-12-2-3-12/h6,10,12-13H,2-5,7-9H2,1H3/t13-/m1/s1. The summed E-state index contributed by atoms with van der Waals surface area (Å²) in [6.07, 6.45) is 5.03. The number of ether oxygens (including phenoxy) is 1. The second-order valence-corrected chi connectivity index (χ2v) is 6.02. The van der Waals surface area contributed by atoms with Gasteiger partial charge in [0.2, 0.25) is 5.91 Å². The molecule has 0 aromatic carbocycles. The van der Waals surface area contributed by atoms with Crippen molar-refractivity contribution in [3.05, 3.63) is 28.4 Å². The quantitative estimate of drug-likeness (QED) is 0.796. The summed E-state index contributed by atoms with van der Waals surface area (Å²) in [6.45, 7) is 3.99. The van der Waals surface area contributed by atoms with Crippen LogP contribution in [0.5, 0.6) is 0 Å². The van der Waals surface area contributed by atoms with Crippen molar-refractivity contribution in [1.29, 1.82) is 0 Å². The number of carbonyl (C=O) groups is 1. The molecule has 2 heterocycles. The predicted octanol–water partition coefficient (Wildman–Crippen LogP) is 0.579. The van der Waals surface area contributed by atoms with E-state index in [9.17, 15) is 9.59 Å². The topological polar surface area (TPSA) is 64.4 Å². The Labute approximate surface area is 123 Å². The Bertz CT molecular complexity index is 580. The van der Waals surface area contributed by atoms with Crippen molar-refractivity contribution in [3.63, 3.8) is 0 Å². The second kappa shape index (κ2) is 5.97. The monoisotopic (exact) mass is 291 g/mol. The molecule has 2 fully saturated rings. The normalized spacial score (nSPS) is 21.8. The molecule has 1 atom stereocenters. The van der Waals surface area contributed by atoms with E-state index in [4.69, 9.17) is 4.74 Å². The van der Waals surface area contributed by atoms with Crippen LogP contribution in [-0.2, 0) is 16.1 Å². The fourth-order valence-electron chi connectivity index (χ4n) is 2.53. The number of amides is 1. The molecule has 0 spiro atoms. The van der Waals surface area contributed by atoms with Gasteiger partial charge in [-0.05, 0) is 32.1 Å². The first-order valence-electron chi connectivity index (χ1n) is 7.54. The summed E-state index contributed by atoms with van der Waals surface area (Å²) in [4.78, 5) is 29.8. The molecule has 21 heavy (non-hydrogen) atoms. The van der Waals surface area contributed by atoms with Crippen LogP contribution in [0.2, 0.25) is 0 Å².